The van der Waals surface area contributed by atoms with Gasteiger partial charge in [0.05, 0.1) is 11.4 Å². The van der Waals surface area contributed by atoms with Gasteiger partial charge >= 0.3 is 0 Å². The normalized spacial score (nSPS) is 10.7. The third kappa shape index (κ3) is 6.23. The molecule has 11 heteroatoms. The molecule has 35 heavy (non-hydrogen) atoms. The average Bonchev–Trinajstić information content (AvgIpc) is 3.21. The van der Waals surface area contributed by atoms with E-state index in [4.69, 9.17) is 11.6 Å². The third-order valence-corrected chi connectivity index (χ3v) is 5.90. The maximum Gasteiger partial charge on any atom is 0.278 e. The smallest absolute Gasteiger partial charge is 0.278 e. The molecule has 0 bridgehead atoms. The minimum Gasteiger partial charge on any atom is -0.326 e. The number of rotatable bonds is 7. The van der Waals surface area contributed by atoms with Crippen LogP contribution in [0.3, 0.4) is 0 Å². The highest BCUT2D eigenvalue weighted by Gasteiger charge is 2.22. The first kappa shape index (κ1) is 24.4. The number of nitrogens with one attached hydrogen (secondary N) is 2. The average molecular weight is 508 g/mol. The minimum atomic E-state index is -0.429. The van der Waals surface area contributed by atoms with E-state index in [2.05, 4.69) is 30.9 Å². The first-order valence-electron chi connectivity index (χ1n) is 10.6. The molecule has 2 amide bonds. The van der Waals surface area contributed by atoms with Crippen LogP contribution >= 0.6 is 23.4 Å². The number of anilines is 2. The molecule has 2 N–H and O–H groups in total. The van der Waals surface area contributed by atoms with Gasteiger partial charge in [-0.25, -0.2) is 14.6 Å². The monoisotopic (exact) mass is 507 g/mol. The van der Waals surface area contributed by atoms with Gasteiger partial charge < -0.3 is 10.6 Å². The zero-order valence-electron chi connectivity index (χ0n) is 19.2. The van der Waals surface area contributed by atoms with Gasteiger partial charge in [0.25, 0.3) is 5.91 Å². The Morgan fingerprint density at radius 1 is 0.971 bits per heavy atom. The number of carbonyl (C=O) groups is 2. The highest BCUT2D eigenvalue weighted by Crippen LogP contribution is 2.25. The summed E-state index contributed by atoms with van der Waals surface area (Å²) in [6, 6.07) is 15.9. The van der Waals surface area contributed by atoms with Crippen molar-refractivity contribution >= 4 is 46.6 Å². The Kier molecular flexibility index (Phi) is 7.42. The Hall–Kier alpha value is -3.76. The number of amides is 2. The second-order valence-corrected chi connectivity index (χ2v) is 9.09. The number of halogens is 1. The number of aryl methyl sites for hydroxylation is 2. The molecule has 4 aromatic rings. The lowest BCUT2D eigenvalue weighted by Crippen LogP contribution is -2.15. The van der Waals surface area contributed by atoms with Crippen LogP contribution in [0.2, 0.25) is 5.02 Å². The molecule has 9 nitrogen and oxygen atoms in total. The summed E-state index contributed by atoms with van der Waals surface area (Å²) in [6.45, 7) is 5.24. The van der Waals surface area contributed by atoms with Crippen LogP contribution in [0.25, 0.3) is 5.69 Å². The minimum absolute atomic E-state index is 0.168. The summed E-state index contributed by atoms with van der Waals surface area (Å²) >= 11 is 7.43. The molecule has 0 aliphatic rings. The van der Waals surface area contributed by atoms with E-state index in [1.165, 1.54) is 18.7 Å². The summed E-state index contributed by atoms with van der Waals surface area (Å²) in [7, 11) is 0. The van der Waals surface area contributed by atoms with E-state index in [0.717, 1.165) is 11.4 Å². The molecule has 0 atom stereocenters. The van der Waals surface area contributed by atoms with Crippen LogP contribution in [-0.4, -0.2) is 36.8 Å². The van der Waals surface area contributed by atoms with Crippen LogP contribution in [0.1, 0.15) is 34.5 Å². The van der Waals surface area contributed by atoms with Gasteiger partial charge in [0, 0.05) is 40.5 Å². The Labute approximate surface area is 211 Å². The summed E-state index contributed by atoms with van der Waals surface area (Å²) in [6.07, 6.45) is 0. The van der Waals surface area contributed by atoms with Crippen LogP contribution in [-0.2, 0) is 10.5 Å². The summed E-state index contributed by atoms with van der Waals surface area (Å²) < 4.78 is 1.61. The van der Waals surface area contributed by atoms with Gasteiger partial charge in [0.1, 0.15) is 0 Å². The van der Waals surface area contributed by atoms with Crippen LogP contribution in [0.15, 0.2) is 59.8 Å². The molecular formula is C24H22ClN7O2S. The van der Waals surface area contributed by atoms with Gasteiger partial charge in [-0.3, -0.25) is 9.59 Å². The van der Waals surface area contributed by atoms with Crippen molar-refractivity contribution in [1.82, 2.24) is 25.0 Å². The van der Waals surface area contributed by atoms with Gasteiger partial charge in [0.15, 0.2) is 10.9 Å². The van der Waals surface area contributed by atoms with E-state index in [0.29, 0.717) is 38.7 Å². The first-order chi connectivity index (χ1) is 16.8. The number of aromatic nitrogens is 5. The number of nitrogens with zero attached hydrogens (tertiary/aromatic N) is 5. The highest BCUT2D eigenvalue weighted by molar-refractivity contribution is 7.98. The molecule has 0 aliphatic heterocycles. The predicted molar refractivity (Wildman–Crippen MR) is 136 cm³/mol. The quantitative estimate of drug-likeness (QED) is 0.272. The van der Waals surface area contributed by atoms with Crippen LogP contribution in [0.4, 0.5) is 11.4 Å². The van der Waals surface area contributed by atoms with Crippen molar-refractivity contribution in [3.05, 3.63) is 82.4 Å². The van der Waals surface area contributed by atoms with Crippen LogP contribution in [0.5, 0.6) is 0 Å². The summed E-state index contributed by atoms with van der Waals surface area (Å²) in [5, 5.41) is 15.1. The predicted octanol–water partition coefficient (Wildman–Crippen LogP) is 4.83. The van der Waals surface area contributed by atoms with Gasteiger partial charge in [-0.1, -0.05) is 34.6 Å². The van der Waals surface area contributed by atoms with Crippen molar-refractivity contribution in [3.63, 3.8) is 0 Å². The fourth-order valence-corrected chi connectivity index (χ4v) is 4.42. The molecule has 0 radical (unpaired) electrons. The van der Waals surface area contributed by atoms with Crippen molar-refractivity contribution in [3.8, 4) is 5.69 Å². The molecule has 0 unspecified atom stereocenters. The summed E-state index contributed by atoms with van der Waals surface area (Å²) in [5.74, 6) is -0.276. The molecule has 2 aromatic heterocycles. The number of benzene rings is 2. The SMILES string of the molecule is CC(=O)Nc1cccc(NC(=O)c2nnn(-c3ccc(Cl)cc3)c2CSc2nc(C)cc(C)n2)c1. The van der Waals surface area contributed by atoms with Crippen molar-refractivity contribution in [2.24, 2.45) is 0 Å². The van der Waals surface area contributed by atoms with E-state index in [9.17, 15) is 9.59 Å². The molecule has 0 spiro atoms. The van der Waals surface area contributed by atoms with Crippen molar-refractivity contribution in [2.75, 3.05) is 10.6 Å². The van der Waals surface area contributed by atoms with Gasteiger partial charge in [-0.2, -0.15) is 0 Å². The molecular weight excluding hydrogens is 486 g/mol. The van der Waals surface area contributed by atoms with E-state index in [-0.39, 0.29) is 11.6 Å². The van der Waals surface area contributed by atoms with E-state index < -0.39 is 5.91 Å². The molecule has 2 aromatic carbocycles. The van der Waals surface area contributed by atoms with Crippen molar-refractivity contribution < 1.29 is 9.59 Å². The largest absolute Gasteiger partial charge is 0.326 e. The van der Waals surface area contributed by atoms with Crippen LogP contribution in [0, 0.1) is 13.8 Å². The number of hydrogen-bond acceptors (Lipinski definition) is 7. The Balaban J connectivity index is 1.64. The maximum atomic E-state index is 13.2. The lowest BCUT2D eigenvalue weighted by Gasteiger charge is -2.10. The second-order valence-electron chi connectivity index (χ2n) is 7.71. The van der Waals surface area contributed by atoms with Gasteiger partial charge in [0.2, 0.25) is 5.91 Å². The standard InChI is InChI=1S/C24H22ClN7O2S/c1-14-11-15(2)27-24(26-14)35-13-21-22(30-31-32(21)20-9-7-17(25)8-10-20)23(34)29-19-6-4-5-18(12-19)28-16(3)33/h4-12H,13H2,1-3H3,(H,28,33)(H,29,34). The topological polar surface area (TPSA) is 115 Å². The fraction of sp³-hybridized carbons (Fsp3) is 0.167. The maximum absolute atomic E-state index is 13.2. The molecule has 0 fully saturated rings. The summed E-state index contributed by atoms with van der Waals surface area (Å²) in [4.78, 5) is 33.5. The third-order valence-electron chi connectivity index (χ3n) is 4.79. The van der Waals surface area contributed by atoms with Gasteiger partial charge in [-0.15, -0.1) is 5.10 Å². The van der Waals surface area contributed by atoms with E-state index >= 15 is 0 Å². The summed E-state index contributed by atoms with van der Waals surface area (Å²) in [5.41, 5.74) is 4.27. The van der Waals surface area contributed by atoms with Gasteiger partial charge in [-0.05, 0) is 62.4 Å². The van der Waals surface area contributed by atoms with Crippen LogP contribution < -0.4 is 10.6 Å². The second kappa shape index (κ2) is 10.7. The lowest BCUT2D eigenvalue weighted by molar-refractivity contribution is -0.114. The molecule has 178 valence electrons. The number of carbonyl (C=O) groups excluding carboxylic acids is 2. The Morgan fingerprint density at radius 3 is 2.29 bits per heavy atom. The van der Waals surface area contributed by atoms with Crippen molar-refractivity contribution in [2.45, 2.75) is 31.7 Å². The molecule has 0 saturated heterocycles. The molecule has 2 heterocycles. The van der Waals surface area contributed by atoms with E-state index in [1.54, 1.807) is 53.2 Å². The molecule has 0 saturated carbocycles. The zero-order chi connectivity index (χ0) is 24.9. The Bertz CT molecular complexity index is 1370. The highest BCUT2D eigenvalue weighted by atomic mass is 35.5. The lowest BCUT2D eigenvalue weighted by atomic mass is 10.2. The van der Waals surface area contributed by atoms with Crippen molar-refractivity contribution in [1.29, 1.82) is 0 Å². The number of hydrogen-bond donors (Lipinski definition) is 2. The molecule has 4 rings (SSSR count). The zero-order valence-corrected chi connectivity index (χ0v) is 20.8. The molecule has 0 aliphatic carbocycles. The first-order valence-corrected chi connectivity index (χ1v) is 12.0. The van der Waals surface area contributed by atoms with E-state index in [1.807, 2.05) is 19.9 Å². The number of thioether (sulfide) groups is 1. The fourth-order valence-electron chi connectivity index (χ4n) is 3.36. The Morgan fingerprint density at radius 2 is 1.63 bits per heavy atom.